The van der Waals surface area contributed by atoms with E-state index in [9.17, 15) is 0 Å². The highest BCUT2D eigenvalue weighted by Gasteiger charge is 2.08. The number of fused-ring (bicyclic) bond motifs is 1. The van der Waals surface area contributed by atoms with Crippen LogP contribution < -0.4 is 0 Å². The fourth-order valence-electron chi connectivity index (χ4n) is 1.44. The molecule has 0 N–H and O–H groups in total. The molecule has 84 valence electrons. The van der Waals surface area contributed by atoms with E-state index in [1.54, 1.807) is 18.1 Å². The third-order valence-electron chi connectivity index (χ3n) is 2.14. The van der Waals surface area contributed by atoms with E-state index in [-0.39, 0.29) is 0 Å². The van der Waals surface area contributed by atoms with E-state index in [0.29, 0.717) is 6.54 Å². The Bertz CT molecular complexity index is 492. The van der Waals surface area contributed by atoms with Crippen molar-refractivity contribution < 1.29 is 0 Å². The molecular formula is C11H14N4S. The summed E-state index contributed by atoms with van der Waals surface area (Å²) in [5.74, 6) is 1.07. The van der Waals surface area contributed by atoms with Gasteiger partial charge in [0.05, 0.1) is 18.1 Å². The molecule has 0 aliphatic carbocycles. The van der Waals surface area contributed by atoms with Crippen LogP contribution in [-0.2, 0) is 6.54 Å². The Labute approximate surface area is 98.8 Å². The maximum atomic E-state index is 4.29. The fraction of sp³-hybridized carbons (Fsp3) is 0.364. The van der Waals surface area contributed by atoms with Crippen molar-refractivity contribution in [3.05, 3.63) is 25.2 Å². The van der Waals surface area contributed by atoms with Gasteiger partial charge in [0.2, 0.25) is 0 Å². The zero-order valence-electron chi connectivity index (χ0n) is 9.26. The van der Waals surface area contributed by atoms with Crippen LogP contribution in [0.25, 0.3) is 11.0 Å². The van der Waals surface area contributed by atoms with Crippen LogP contribution in [0.3, 0.4) is 0 Å². The highest BCUT2D eigenvalue weighted by Crippen LogP contribution is 2.24. The smallest absolute Gasteiger partial charge is 0.162 e. The molecule has 4 nitrogen and oxygen atoms in total. The summed E-state index contributed by atoms with van der Waals surface area (Å²) in [4.78, 5) is 8.55. The average molecular weight is 234 g/mol. The number of allylic oxidation sites excluding steroid dienone is 1. The van der Waals surface area contributed by atoms with E-state index < -0.39 is 0 Å². The molecule has 0 fully saturated rings. The summed E-state index contributed by atoms with van der Waals surface area (Å²) < 4.78 is 1.83. The molecule has 2 aromatic rings. The van der Waals surface area contributed by atoms with Crippen molar-refractivity contribution in [1.29, 1.82) is 0 Å². The predicted octanol–water partition coefficient (Wildman–Crippen LogP) is 2.51. The van der Waals surface area contributed by atoms with Gasteiger partial charge in [-0.2, -0.15) is 5.10 Å². The SMILES string of the molecule is C=CCn1ncc2c(SCCC)ncnc21. The third-order valence-corrected chi connectivity index (χ3v) is 3.35. The summed E-state index contributed by atoms with van der Waals surface area (Å²) >= 11 is 1.75. The van der Waals surface area contributed by atoms with Gasteiger partial charge < -0.3 is 0 Å². The van der Waals surface area contributed by atoms with Crippen molar-refractivity contribution in [2.75, 3.05) is 5.75 Å². The van der Waals surface area contributed by atoms with E-state index in [2.05, 4.69) is 28.6 Å². The monoisotopic (exact) mass is 234 g/mol. The number of rotatable bonds is 5. The van der Waals surface area contributed by atoms with Crippen molar-refractivity contribution in [2.45, 2.75) is 24.9 Å². The zero-order valence-corrected chi connectivity index (χ0v) is 10.1. The standard InChI is InChI=1S/C11H14N4S/c1-3-5-15-10-9(7-14-15)11(13-8-12-10)16-6-4-2/h3,7-8H,1,4-6H2,2H3. The zero-order chi connectivity index (χ0) is 11.4. The van der Waals surface area contributed by atoms with Gasteiger partial charge in [0, 0.05) is 0 Å². The van der Waals surface area contributed by atoms with E-state index in [1.807, 2.05) is 17.0 Å². The van der Waals surface area contributed by atoms with Gasteiger partial charge in [-0.05, 0) is 12.2 Å². The maximum absolute atomic E-state index is 4.29. The molecule has 2 aromatic heterocycles. The Morgan fingerprint density at radius 3 is 3.12 bits per heavy atom. The van der Waals surface area contributed by atoms with Gasteiger partial charge in [0.25, 0.3) is 0 Å². The van der Waals surface area contributed by atoms with Crippen LogP contribution in [-0.4, -0.2) is 25.5 Å². The van der Waals surface area contributed by atoms with Crippen LogP contribution in [0.4, 0.5) is 0 Å². The summed E-state index contributed by atoms with van der Waals surface area (Å²) in [5.41, 5.74) is 0.883. The van der Waals surface area contributed by atoms with Crippen molar-refractivity contribution in [3.63, 3.8) is 0 Å². The molecule has 0 spiro atoms. The van der Waals surface area contributed by atoms with E-state index in [4.69, 9.17) is 0 Å². The lowest BCUT2D eigenvalue weighted by Gasteiger charge is -2.01. The summed E-state index contributed by atoms with van der Waals surface area (Å²) in [6, 6.07) is 0. The topological polar surface area (TPSA) is 43.6 Å². The Morgan fingerprint density at radius 1 is 1.50 bits per heavy atom. The van der Waals surface area contributed by atoms with Crippen LogP contribution in [0.1, 0.15) is 13.3 Å². The Morgan fingerprint density at radius 2 is 2.38 bits per heavy atom. The van der Waals surface area contributed by atoms with Gasteiger partial charge >= 0.3 is 0 Å². The third kappa shape index (κ3) is 2.09. The highest BCUT2D eigenvalue weighted by molar-refractivity contribution is 7.99. The highest BCUT2D eigenvalue weighted by atomic mass is 32.2. The minimum atomic E-state index is 0.679. The van der Waals surface area contributed by atoms with Crippen LogP contribution in [0.15, 0.2) is 30.2 Å². The van der Waals surface area contributed by atoms with Crippen LogP contribution in [0.5, 0.6) is 0 Å². The van der Waals surface area contributed by atoms with Crippen LogP contribution in [0, 0.1) is 0 Å². The van der Waals surface area contributed by atoms with Crippen LogP contribution >= 0.6 is 11.8 Å². The minimum Gasteiger partial charge on any atom is -0.243 e. The molecule has 0 saturated heterocycles. The molecule has 0 radical (unpaired) electrons. The first-order chi connectivity index (χ1) is 7.86. The van der Waals surface area contributed by atoms with E-state index in [0.717, 1.165) is 28.2 Å². The van der Waals surface area contributed by atoms with Gasteiger partial charge in [0.1, 0.15) is 11.4 Å². The maximum Gasteiger partial charge on any atom is 0.162 e. The quantitative estimate of drug-likeness (QED) is 0.453. The summed E-state index contributed by atoms with van der Waals surface area (Å²) in [6.07, 6.45) is 6.38. The second-order valence-electron chi connectivity index (χ2n) is 3.38. The number of aromatic nitrogens is 4. The van der Waals surface area contributed by atoms with Crippen molar-refractivity contribution >= 4 is 22.8 Å². The normalized spacial score (nSPS) is 10.8. The van der Waals surface area contributed by atoms with Crippen LogP contribution in [0.2, 0.25) is 0 Å². The molecule has 16 heavy (non-hydrogen) atoms. The number of hydrogen-bond acceptors (Lipinski definition) is 4. The summed E-state index contributed by atoms with van der Waals surface area (Å²) in [7, 11) is 0. The Kier molecular flexibility index (Phi) is 3.56. The number of thioether (sulfide) groups is 1. The molecule has 0 aliphatic rings. The van der Waals surface area contributed by atoms with E-state index >= 15 is 0 Å². The molecule has 0 aliphatic heterocycles. The fourth-order valence-corrected chi connectivity index (χ4v) is 2.26. The van der Waals surface area contributed by atoms with Gasteiger partial charge in [0.15, 0.2) is 5.65 Å². The molecule has 0 unspecified atom stereocenters. The number of nitrogens with zero attached hydrogens (tertiary/aromatic N) is 4. The van der Waals surface area contributed by atoms with Gasteiger partial charge in [-0.1, -0.05) is 13.0 Å². The molecule has 2 heterocycles. The number of hydrogen-bond donors (Lipinski definition) is 0. The first-order valence-corrected chi connectivity index (χ1v) is 6.25. The molecular weight excluding hydrogens is 220 g/mol. The lowest BCUT2D eigenvalue weighted by molar-refractivity contribution is 0.719. The molecule has 0 amide bonds. The summed E-state index contributed by atoms with van der Waals surface area (Å²) in [6.45, 7) is 6.54. The second-order valence-corrected chi connectivity index (χ2v) is 4.46. The average Bonchev–Trinajstić information content (AvgIpc) is 2.71. The Balaban J connectivity index is 2.40. The van der Waals surface area contributed by atoms with Crippen molar-refractivity contribution in [2.24, 2.45) is 0 Å². The lowest BCUT2D eigenvalue weighted by Crippen LogP contribution is -1.98. The second kappa shape index (κ2) is 5.12. The Hall–Kier alpha value is -1.36. The lowest BCUT2D eigenvalue weighted by atomic mass is 10.4. The predicted molar refractivity (Wildman–Crippen MR) is 66.5 cm³/mol. The molecule has 0 bridgehead atoms. The van der Waals surface area contributed by atoms with Gasteiger partial charge in [-0.15, -0.1) is 18.3 Å². The van der Waals surface area contributed by atoms with Gasteiger partial charge in [-0.3, -0.25) is 0 Å². The first-order valence-electron chi connectivity index (χ1n) is 5.27. The van der Waals surface area contributed by atoms with Crippen molar-refractivity contribution in [1.82, 2.24) is 19.7 Å². The van der Waals surface area contributed by atoms with Crippen molar-refractivity contribution in [3.8, 4) is 0 Å². The minimum absolute atomic E-state index is 0.679. The largest absolute Gasteiger partial charge is 0.243 e. The summed E-state index contributed by atoms with van der Waals surface area (Å²) in [5, 5.41) is 6.33. The molecule has 0 atom stereocenters. The molecule has 5 heteroatoms. The van der Waals surface area contributed by atoms with E-state index in [1.165, 1.54) is 0 Å². The molecule has 0 aromatic carbocycles. The first kappa shape index (κ1) is 11.1. The molecule has 0 saturated carbocycles. The van der Waals surface area contributed by atoms with Gasteiger partial charge in [-0.25, -0.2) is 14.6 Å². The molecule has 2 rings (SSSR count).